The molecule has 88 valence electrons. The lowest BCUT2D eigenvalue weighted by Crippen LogP contribution is -2.42. The number of hydrogen-bond donors (Lipinski definition) is 2. The zero-order chi connectivity index (χ0) is 11.9. The molecule has 0 bridgehead atoms. The molecule has 0 unspecified atom stereocenters. The second-order valence-corrected chi connectivity index (χ2v) is 4.40. The highest BCUT2D eigenvalue weighted by molar-refractivity contribution is 5.80. The summed E-state index contributed by atoms with van der Waals surface area (Å²) in [4.78, 5) is 22.1. The van der Waals surface area contributed by atoms with Crippen LogP contribution in [0.5, 0.6) is 0 Å². The van der Waals surface area contributed by atoms with Crippen LogP contribution in [0.2, 0.25) is 0 Å². The largest absolute Gasteiger partial charge is 0.465 e. The molecular weight excluding hydrogens is 196 g/mol. The van der Waals surface area contributed by atoms with Gasteiger partial charge in [-0.3, -0.25) is 4.79 Å². The Kier molecular flexibility index (Phi) is 5.74. The molecule has 0 aromatic rings. The topological polar surface area (TPSA) is 67.4 Å². The number of hydrogen-bond acceptors (Lipinski definition) is 3. The first-order valence-electron chi connectivity index (χ1n) is 5.02. The number of amides is 2. The Morgan fingerprint density at radius 1 is 1.20 bits per heavy atom. The standard InChI is InChI=1S/C10H20N2O3/c1-5-15-8(13)6-11-9(14)12-7-10(2,3)4/h5-7H2,1-4H3,(H2,11,12,14). The van der Waals surface area contributed by atoms with Gasteiger partial charge in [-0.15, -0.1) is 0 Å². The van der Waals surface area contributed by atoms with Crippen LogP contribution in [0.15, 0.2) is 0 Å². The van der Waals surface area contributed by atoms with Crippen LogP contribution in [0.4, 0.5) is 4.79 Å². The van der Waals surface area contributed by atoms with Crippen LogP contribution in [-0.4, -0.2) is 31.7 Å². The molecule has 0 aromatic heterocycles. The Hall–Kier alpha value is -1.26. The average Bonchev–Trinajstić information content (AvgIpc) is 2.11. The van der Waals surface area contributed by atoms with Crippen LogP contribution in [-0.2, 0) is 9.53 Å². The van der Waals surface area contributed by atoms with Crippen LogP contribution in [0, 0.1) is 5.41 Å². The van der Waals surface area contributed by atoms with Gasteiger partial charge in [-0.05, 0) is 12.3 Å². The average molecular weight is 216 g/mol. The summed E-state index contributed by atoms with van der Waals surface area (Å²) in [5, 5.41) is 5.08. The smallest absolute Gasteiger partial charge is 0.325 e. The molecule has 0 radical (unpaired) electrons. The van der Waals surface area contributed by atoms with Gasteiger partial charge >= 0.3 is 12.0 Å². The fourth-order valence-electron chi connectivity index (χ4n) is 0.772. The van der Waals surface area contributed by atoms with Gasteiger partial charge in [-0.25, -0.2) is 4.79 Å². The maximum absolute atomic E-state index is 11.2. The predicted octanol–water partition coefficient (Wildman–Crippen LogP) is 0.895. The molecule has 0 fully saturated rings. The molecule has 0 atom stereocenters. The molecule has 5 heteroatoms. The van der Waals surface area contributed by atoms with Gasteiger partial charge in [0.1, 0.15) is 6.54 Å². The molecule has 0 spiro atoms. The van der Waals surface area contributed by atoms with Crippen molar-refractivity contribution in [3.8, 4) is 0 Å². The molecule has 0 aliphatic heterocycles. The van der Waals surface area contributed by atoms with Crippen LogP contribution in [0.3, 0.4) is 0 Å². The first-order chi connectivity index (χ1) is 6.85. The molecule has 15 heavy (non-hydrogen) atoms. The summed E-state index contributed by atoms with van der Waals surface area (Å²) in [6, 6.07) is -0.349. The number of rotatable bonds is 4. The van der Waals surface area contributed by atoms with E-state index in [0.29, 0.717) is 13.2 Å². The fraction of sp³-hybridized carbons (Fsp3) is 0.800. The van der Waals surface area contributed by atoms with E-state index >= 15 is 0 Å². The Balaban J connectivity index is 3.62. The van der Waals surface area contributed by atoms with Gasteiger partial charge in [0, 0.05) is 6.54 Å². The van der Waals surface area contributed by atoms with Crippen LogP contribution < -0.4 is 10.6 Å². The third-order valence-electron chi connectivity index (χ3n) is 1.48. The Morgan fingerprint density at radius 2 is 1.80 bits per heavy atom. The first-order valence-corrected chi connectivity index (χ1v) is 5.02. The van der Waals surface area contributed by atoms with Gasteiger partial charge in [-0.1, -0.05) is 20.8 Å². The fourth-order valence-corrected chi connectivity index (χ4v) is 0.772. The van der Waals surface area contributed by atoms with E-state index in [1.807, 2.05) is 20.8 Å². The van der Waals surface area contributed by atoms with Crippen LogP contribution in [0.25, 0.3) is 0 Å². The van der Waals surface area contributed by atoms with Gasteiger partial charge in [0.25, 0.3) is 0 Å². The minimum absolute atomic E-state index is 0.0290. The van der Waals surface area contributed by atoms with E-state index in [2.05, 4.69) is 15.4 Å². The number of urea groups is 1. The second-order valence-electron chi connectivity index (χ2n) is 4.40. The molecule has 0 saturated carbocycles. The third-order valence-corrected chi connectivity index (χ3v) is 1.48. The molecule has 0 aliphatic rings. The van der Waals surface area contributed by atoms with Gasteiger partial charge in [0.05, 0.1) is 6.61 Å². The molecule has 0 aromatic carbocycles. The second kappa shape index (κ2) is 6.27. The van der Waals surface area contributed by atoms with E-state index in [9.17, 15) is 9.59 Å². The summed E-state index contributed by atoms with van der Waals surface area (Å²) in [6.07, 6.45) is 0. The summed E-state index contributed by atoms with van der Waals surface area (Å²) >= 11 is 0. The third kappa shape index (κ3) is 9.05. The molecular formula is C10H20N2O3. The summed E-state index contributed by atoms with van der Waals surface area (Å²) in [5.41, 5.74) is 0.0290. The van der Waals surface area contributed by atoms with Crippen molar-refractivity contribution in [2.75, 3.05) is 19.7 Å². The highest BCUT2D eigenvalue weighted by Crippen LogP contribution is 2.09. The van der Waals surface area contributed by atoms with Crippen molar-refractivity contribution in [1.82, 2.24) is 10.6 Å². The Bertz CT molecular complexity index is 221. The molecule has 0 saturated heterocycles. The quantitative estimate of drug-likeness (QED) is 0.686. The number of nitrogens with one attached hydrogen (secondary N) is 2. The molecule has 2 amide bonds. The molecule has 0 heterocycles. The lowest BCUT2D eigenvalue weighted by Gasteiger charge is -2.18. The number of carbonyl (C=O) groups excluding carboxylic acids is 2. The van der Waals surface area contributed by atoms with Crippen molar-refractivity contribution in [1.29, 1.82) is 0 Å². The van der Waals surface area contributed by atoms with Crippen molar-refractivity contribution in [3.63, 3.8) is 0 Å². The lowest BCUT2D eigenvalue weighted by molar-refractivity contribution is -0.141. The molecule has 0 aliphatic carbocycles. The molecule has 0 rings (SSSR count). The summed E-state index contributed by atoms with van der Waals surface area (Å²) in [6.45, 7) is 8.54. The predicted molar refractivity (Wildman–Crippen MR) is 57.5 cm³/mol. The van der Waals surface area contributed by atoms with Crippen LogP contribution >= 0.6 is 0 Å². The number of carbonyl (C=O) groups is 2. The maximum atomic E-state index is 11.2. The SMILES string of the molecule is CCOC(=O)CNC(=O)NCC(C)(C)C. The van der Waals surface area contributed by atoms with Crippen molar-refractivity contribution in [3.05, 3.63) is 0 Å². The number of esters is 1. The molecule has 2 N–H and O–H groups in total. The lowest BCUT2D eigenvalue weighted by atomic mass is 9.97. The summed E-state index contributed by atoms with van der Waals surface area (Å²) in [5.74, 6) is -0.427. The number of ether oxygens (including phenoxy) is 1. The summed E-state index contributed by atoms with van der Waals surface area (Å²) < 4.78 is 4.66. The van der Waals surface area contributed by atoms with Gasteiger partial charge in [0.15, 0.2) is 0 Å². The van der Waals surface area contributed by atoms with E-state index in [-0.39, 0.29) is 18.0 Å². The minimum atomic E-state index is -0.427. The van der Waals surface area contributed by atoms with E-state index in [4.69, 9.17) is 0 Å². The van der Waals surface area contributed by atoms with Gasteiger partial charge in [0.2, 0.25) is 0 Å². The van der Waals surface area contributed by atoms with E-state index in [0.717, 1.165) is 0 Å². The monoisotopic (exact) mass is 216 g/mol. The Labute approximate surface area is 90.6 Å². The minimum Gasteiger partial charge on any atom is -0.465 e. The van der Waals surface area contributed by atoms with Crippen molar-refractivity contribution < 1.29 is 14.3 Å². The van der Waals surface area contributed by atoms with Crippen LogP contribution in [0.1, 0.15) is 27.7 Å². The Morgan fingerprint density at radius 3 is 2.27 bits per heavy atom. The van der Waals surface area contributed by atoms with E-state index in [1.165, 1.54) is 0 Å². The van der Waals surface area contributed by atoms with Gasteiger partial charge < -0.3 is 15.4 Å². The first kappa shape index (κ1) is 13.7. The van der Waals surface area contributed by atoms with Crippen molar-refractivity contribution in [2.24, 2.45) is 5.41 Å². The highest BCUT2D eigenvalue weighted by Gasteiger charge is 2.12. The zero-order valence-electron chi connectivity index (χ0n) is 9.85. The van der Waals surface area contributed by atoms with Crippen molar-refractivity contribution in [2.45, 2.75) is 27.7 Å². The zero-order valence-corrected chi connectivity index (χ0v) is 9.85. The normalized spacial score (nSPS) is 10.7. The van der Waals surface area contributed by atoms with Gasteiger partial charge in [-0.2, -0.15) is 0 Å². The van der Waals surface area contributed by atoms with E-state index < -0.39 is 5.97 Å². The van der Waals surface area contributed by atoms with Crippen molar-refractivity contribution >= 4 is 12.0 Å². The van der Waals surface area contributed by atoms with E-state index in [1.54, 1.807) is 6.92 Å². The summed E-state index contributed by atoms with van der Waals surface area (Å²) in [7, 11) is 0. The maximum Gasteiger partial charge on any atom is 0.325 e. The molecule has 5 nitrogen and oxygen atoms in total. The highest BCUT2D eigenvalue weighted by atomic mass is 16.5.